The molecule has 3 rings (SSSR count). The molecule has 0 heterocycles. The van der Waals surface area contributed by atoms with Crippen molar-refractivity contribution < 1.29 is 23.6 Å². The van der Waals surface area contributed by atoms with Gasteiger partial charge in [0.2, 0.25) is 0 Å². The van der Waals surface area contributed by atoms with Crippen LogP contribution in [0.2, 0.25) is 5.02 Å². The number of nitrogens with zero attached hydrogens (tertiary/aromatic N) is 2. The third kappa shape index (κ3) is 6.68. The molecule has 0 unspecified atom stereocenters. The minimum absolute atomic E-state index is 0.0764. The monoisotopic (exact) mass is 607 g/mol. The van der Waals surface area contributed by atoms with E-state index >= 15 is 0 Å². The van der Waals surface area contributed by atoms with Crippen LogP contribution in [0.1, 0.15) is 11.1 Å². The first-order chi connectivity index (χ1) is 16.7. The van der Waals surface area contributed by atoms with Crippen molar-refractivity contribution in [3.05, 3.63) is 95.8 Å². The van der Waals surface area contributed by atoms with Crippen LogP contribution in [0.15, 0.2) is 60.2 Å². The number of hydrogen-bond acceptors (Lipinski definition) is 6. The van der Waals surface area contributed by atoms with Gasteiger partial charge in [0.05, 0.1) is 15.6 Å². The molecule has 0 aliphatic carbocycles. The van der Waals surface area contributed by atoms with Crippen molar-refractivity contribution in [3.8, 4) is 17.6 Å². The molecule has 178 valence electrons. The predicted octanol–water partition coefficient (Wildman–Crippen LogP) is 6.13. The van der Waals surface area contributed by atoms with E-state index in [1.165, 1.54) is 37.5 Å². The Morgan fingerprint density at radius 3 is 2.60 bits per heavy atom. The van der Waals surface area contributed by atoms with Crippen molar-refractivity contribution in [1.82, 2.24) is 0 Å². The zero-order chi connectivity index (χ0) is 25.5. The lowest BCUT2D eigenvalue weighted by Gasteiger charge is -2.14. The Hall–Kier alpha value is -3.69. The Morgan fingerprint density at radius 1 is 1.26 bits per heavy atom. The number of carbonyl (C=O) groups excluding carboxylic acids is 1. The van der Waals surface area contributed by atoms with Gasteiger partial charge in [-0.05, 0) is 76.2 Å². The molecule has 0 atom stereocenters. The fraction of sp³-hybridized carbons (Fsp3) is 0.0833. The Bertz CT molecular complexity index is 1360. The summed E-state index contributed by atoms with van der Waals surface area (Å²) in [6.45, 7) is 0.181. The van der Waals surface area contributed by atoms with Crippen LogP contribution in [0.25, 0.3) is 6.08 Å². The number of ether oxygens (including phenoxy) is 2. The molecule has 1 amide bonds. The highest BCUT2D eigenvalue weighted by atomic mass is 127. The molecule has 3 aromatic carbocycles. The number of rotatable bonds is 8. The van der Waals surface area contributed by atoms with Gasteiger partial charge in [-0.2, -0.15) is 5.26 Å². The van der Waals surface area contributed by atoms with E-state index in [0.29, 0.717) is 20.6 Å². The first-order valence-electron chi connectivity index (χ1n) is 9.83. The number of anilines is 1. The first-order valence-corrected chi connectivity index (χ1v) is 11.3. The quantitative estimate of drug-likeness (QED) is 0.108. The zero-order valence-corrected chi connectivity index (χ0v) is 21.0. The number of carbonyl (C=O) groups is 1. The lowest BCUT2D eigenvalue weighted by molar-refractivity contribution is -0.384. The maximum atomic E-state index is 13.1. The Balaban J connectivity index is 1.82. The molecule has 0 aliphatic heterocycles. The minimum Gasteiger partial charge on any atom is -0.493 e. The summed E-state index contributed by atoms with van der Waals surface area (Å²) in [6, 6.07) is 14.8. The minimum atomic E-state index is -0.755. The van der Waals surface area contributed by atoms with Crippen LogP contribution >= 0.6 is 34.2 Å². The predicted molar refractivity (Wildman–Crippen MR) is 137 cm³/mol. The van der Waals surface area contributed by atoms with Crippen molar-refractivity contribution in [2.24, 2.45) is 0 Å². The van der Waals surface area contributed by atoms with E-state index in [1.807, 2.05) is 28.7 Å². The third-order valence-corrected chi connectivity index (χ3v) is 5.75. The molecule has 8 nitrogen and oxygen atoms in total. The average molecular weight is 608 g/mol. The zero-order valence-electron chi connectivity index (χ0n) is 18.1. The van der Waals surface area contributed by atoms with Crippen LogP contribution in [-0.2, 0) is 11.4 Å². The van der Waals surface area contributed by atoms with Gasteiger partial charge in [-0.3, -0.25) is 14.9 Å². The van der Waals surface area contributed by atoms with Crippen LogP contribution < -0.4 is 14.8 Å². The van der Waals surface area contributed by atoms with Gasteiger partial charge in [0.15, 0.2) is 11.5 Å². The molecule has 0 spiro atoms. The first kappa shape index (κ1) is 25.9. The summed E-state index contributed by atoms with van der Waals surface area (Å²) in [5, 5.41) is 22.9. The molecule has 0 fully saturated rings. The number of nitro groups is 1. The van der Waals surface area contributed by atoms with Gasteiger partial charge >= 0.3 is 0 Å². The van der Waals surface area contributed by atoms with E-state index in [-0.39, 0.29) is 34.4 Å². The van der Waals surface area contributed by atoms with E-state index < -0.39 is 10.8 Å². The summed E-state index contributed by atoms with van der Waals surface area (Å²) in [5.74, 6) is -0.277. The average Bonchev–Trinajstić information content (AvgIpc) is 2.83. The molecule has 35 heavy (non-hydrogen) atoms. The SMILES string of the molecule is COc1cc(/C=C(\C#N)C(=O)Nc2ccc(Cl)c([N+](=O)[O-])c2)cc(I)c1OCc1ccc(F)cc1. The van der Waals surface area contributed by atoms with E-state index in [1.54, 1.807) is 24.3 Å². The van der Waals surface area contributed by atoms with Crippen molar-refractivity contribution in [3.63, 3.8) is 0 Å². The standard InChI is InChI=1S/C24H16ClFIN3O5/c1-34-22-10-15(9-20(27)23(22)35-13-14-2-4-17(26)5-3-14)8-16(12-28)24(31)29-18-6-7-19(25)21(11-18)30(32)33/h2-11H,13H2,1H3,(H,29,31)/b16-8+. The molecule has 1 N–H and O–H groups in total. The number of benzene rings is 3. The highest BCUT2D eigenvalue weighted by Crippen LogP contribution is 2.35. The number of hydrogen-bond donors (Lipinski definition) is 1. The van der Waals surface area contributed by atoms with E-state index in [0.717, 1.165) is 11.6 Å². The maximum absolute atomic E-state index is 13.1. The van der Waals surface area contributed by atoms with Crippen molar-refractivity contribution in [2.75, 3.05) is 12.4 Å². The summed E-state index contributed by atoms with van der Waals surface area (Å²) in [6.07, 6.45) is 1.36. The lowest BCUT2D eigenvalue weighted by Crippen LogP contribution is -2.13. The molecule has 0 saturated heterocycles. The van der Waals surface area contributed by atoms with Crippen LogP contribution in [0, 0.1) is 30.8 Å². The summed E-state index contributed by atoms with van der Waals surface area (Å²) >= 11 is 7.83. The molecular weight excluding hydrogens is 592 g/mol. The third-order valence-electron chi connectivity index (χ3n) is 4.62. The lowest BCUT2D eigenvalue weighted by atomic mass is 10.1. The van der Waals surface area contributed by atoms with Gasteiger partial charge in [0.25, 0.3) is 11.6 Å². The molecule has 0 radical (unpaired) electrons. The molecular formula is C24H16ClFIN3O5. The highest BCUT2D eigenvalue weighted by molar-refractivity contribution is 14.1. The normalized spacial score (nSPS) is 10.9. The second-order valence-corrected chi connectivity index (χ2v) is 8.57. The van der Waals surface area contributed by atoms with Gasteiger partial charge in [-0.15, -0.1) is 0 Å². The van der Waals surface area contributed by atoms with Gasteiger partial charge in [-0.1, -0.05) is 23.7 Å². The number of nitriles is 1. The number of methoxy groups -OCH3 is 1. The number of amides is 1. The summed E-state index contributed by atoms with van der Waals surface area (Å²) in [5.41, 5.74) is 0.764. The second-order valence-electron chi connectivity index (χ2n) is 7.00. The van der Waals surface area contributed by atoms with Gasteiger partial charge in [0.1, 0.15) is 29.1 Å². The van der Waals surface area contributed by atoms with Crippen LogP contribution in [0.4, 0.5) is 15.8 Å². The van der Waals surface area contributed by atoms with Gasteiger partial charge < -0.3 is 14.8 Å². The summed E-state index contributed by atoms with van der Waals surface area (Å²) in [7, 11) is 1.45. The fourth-order valence-corrected chi connectivity index (χ4v) is 3.91. The Labute approximate surface area is 218 Å². The fourth-order valence-electron chi connectivity index (χ4n) is 2.94. The molecule has 11 heteroatoms. The number of nitro benzene ring substituents is 1. The summed E-state index contributed by atoms with van der Waals surface area (Å²) < 4.78 is 25.0. The molecule has 0 aromatic heterocycles. The van der Waals surface area contributed by atoms with Crippen molar-refractivity contribution in [2.45, 2.75) is 6.61 Å². The second kappa shape index (κ2) is 11.6. The summed E-state index contributed by atoms with van der Waals surface area (Å²) in [4.78, 5) is 23.0. The molecule has 3 aromatic rings. The Morgan fingerprint density at radius 2 is 1.97 bits per heavy atom. The number of halogens is 3. The van der Waals surface area contributed by atoms with Crippen LogP contribution in [0.5, 0.6) is 11.5 Å². The van der Waals surface area contributed by atoms with E-state index in [4.69, 9.17) is 21.1 Å². The maximum Gasteiger partial charge on any atom is 0.289 e. The smallest absolute Gasteiger partial charge is 0.289 e. The largest absolute Gasteiger partial charge is 0.493 e. The Kier molecular flexibility index (Phi) is 8.62. The topological polar surface area (TPSA) is 114 Å². The van der Waals surface area contributed by atoms with Gasteiger partial charge in [0, 0.05) is 11.8 Å². The highest BCUT2D eigenvalue weighted by Gasteiger charge is 2.17. The van der Waals surface area contributed by atoms with Crippen LogP contribution in [-0.4, -0.2) is 17.9 Å². The molecule has 0 bridgehead atoms. The van der Waals surface area contributed by atoms with Crippen molar-refractivity contribution >= 4 is 57.5 Å². The van der Waals surface area contributed by atoms with Crippen LogP contribution in [0.3, 0.4) is 0 Å². The molecule has 0 aliphatic rings. The molecule has 0 saturated carbocycles. The van der Waals surface area contributed by atoms with Crippen molar-refractivity contribution in [1.29, 1.82) is 5.26 Å². The van der Waals surface area contributed by atoms with E-state index in [2.05, 4.69) is 5.32 Å². The number of nitrogens with one attached hydrogen (secondary N) is 1. The van der Waals surface area contributed by atoms with Gasteiger partial charge in [-0.25, -0.2) is 4.39 Å². The van der Waals surface area contributed by atoms with E-state index in [9.17, 15) is 24.6 Å².